The first-order valence-electron chi connectivity index (χ1n) is 5.85. The number of thioether (sulfide) groups is 1. The molecule has 0 bridgehead atoms. The maximum absolute atomic E-state index is 4.52. The zero-order valence-electron chi connectivity index (χ0n) is 10.9. The molecule has 0 saturated carbocycles. The summed E-state index contributed by atoms with van der Waals surface area (Å²) in [7, 11) is 0. The average Bonchev–Trinajstić information content (AvgIpc) is 2.55. The quantitative estimate of drug-likeness (QED) is 0.828. The Balaban J connectivity index is 2.76. The second-order valence-electron chi connectivity index (χ2n) is 4.54. The molecule has 16 heavy (non-hydrogen) atoms. The van der Waals surface area contributed by atoms with Crippen LogP contribution < -0.4 is 5.32 Å². The first-order chi connectivity index (χ1) is 7.54. The standard InChI is InChI=1S/C12H23N3S/c1-9(2)13-12-14-10(3)8-15(12)11(4)6-7-16-5/h8-9,11H,6-7H2,1-5H3,(H,13,14). The SMILES string of the molecule is CSCCC(C)n1cc(C)nc1NC(C)C. The molecule has 0 aliphatic heterocycles. The Labute approximate surface area is 103 Å². The largest absolute Gasteiger partial charge is 0.353 e. The van der Waals surface area contributed by atoms with Gasteiger partial charge in [-0.15, -0.1) is 0 Å². The van der Waals surface area contributed by atoms with Gasteiger partial charge in [0.2, 0.25) is 5.95 Å². The van der Waals surface area contributed by atoms with Gasteiger partial charge in [0, 0.05) is 18.3 Å². The van der Waals surface area contributed by atoms with Crippen LogP contribution in [0.2, 0.25) is 0 Å². The Morgan fingerprint density at radius 1 is 1.44 bits per heavy atom. The van der Waals surface area contributed by atoms with Crippen LogP contribution in [-0.2, 0) is 0 Å². The van der Waals surface area contributed by atoms with Gasteiger partial charge in [-0.25, -0.2) is 4.98 Å². The number of hydrogen-bond donors (Lipinski definition) is 1. The van der Waals surface area contributed by atoms with E-state index in [0.29, 0.717) is 12.1 Å². The van der Waals surface area contributed by atoms with Crippen LogP contribution in [0.3, 0.4) is 0 Å². The fourth-order valence-corrected chi connectivity index (χ4v) is 2.22. The van der Waals surface area contributed by atoms with E-state index in [1.165, 1.54) is 12.2 Å². The van der Waals surface area contributed by atoms with Crippen molar-refractivity contribution in [2.75, 3.05) is 17.3 Å². The second-order valence-corrected chi connectivity index (χ2v) is 5.53. The lowest BCUT2D eigenvalue weighted by Crippen LogP contribution is -2.16. The number of hydrogen-bond acceptors (Lipinski definition) is 3. The minimum atomic E-state index is 0.424. The van der Waals surface area contributed by atoms with Gasteiger partial charge in [0.05, 0.1) is 5.69 Å². The van der Waals surface area contributed by atoms with Crippen LogP contribution in [0.25, 0.3) is 0 Å². The van der Waals surface area contributed by atoms with Crippen LogP contribution in [0, 0.1) is 6.92 Å². The molecule has 1 atom stereocenters. The van der Waals surface area contributed by atoms with Gasteiger partial charge in [0.25, 0.3) is 0 Å². The van der Waals surface area contributed by atoms with E-state index in [1.54, 1.807) is 0 Å². The second kappa shape index (κ2) is 6.18. The van der Waals surface area contributed by atoms with Crippen molar-refractivity contribution in [3.05, 3.63) is 11.9 Å². The molecule has 0 spiro atoms. The molecule has 4 heteroatoms. The summed E-state index contributed by atoms with van der Waals surface area (Å²) in [5.41, 5.74) is 1.08. The minimum Gasteiger partial charge on any atom is -0.353 e. The normalized spacial score (nSPS) is 13.1. The molecule has 0 aliphatic rings. The number of nitrogens with zero attached hydrogens (tertiary/aromatic N) is 2. The van der Waals surface area contributed by atoms with Gasteiger partial charge >= 0.3 is 0 Å². The molecule has 0 fully saturated rings. The molecule has 92 valence electrons. The van der Waals surface area contributed by atoms with Gasteiger partial charge in [0.1, 0.15) is 0 Å². The maximum atomic E-state index is 4.52. The molecule has 0 aromatic carbocycles. The van der Waals surface area contributed by atoms with E-state index in [1.807, 2.05) is 18.7 Å². The smallest absolute Gasteiger partial charge is 0.203 e. The van der Waals surface area contributed by atoms with Crippen LogP contribution in [0.15, 0.2) is 6.20 Å². The lowest BCUT2D eigenvalue weighted by atomic mass is 10.2. The summed E-state index contributed by atoms with van der Waals surface area (Å²) >= 11 is 1.90. The van der Waals surface area contributed by atoms with Gasteiger partial charge in [-0.3, -0.25) is 0 Å². The summed E-state index contributed by atoms with van der Waals surface area (Å²) in [6.07, 6.45) is 5.47. The van der Waals surface area contributed by atoms with Crippen molar-refractivity contribution in [1.29, 1.82) is 0 Å². The fourth-order valence-electron chi connectivity index (χ4n) is 1.64. The zero-order valence-corrected chi connectivity index (χ0v) is 11.8. The van der Waals surface area contributed by atoms with Gasteiger partial charge in [0.15, 0.2) is 0 Å². The average molecular weight is 241 g/mol. The summed E-state index contributed by atoms with van der Waals surface area (Å²) in [5.74, 6) is 2.19. The van der Waals surface area contributed by atoms with Gasteiger partial charge in [-0.1, -0.05) is 0 Å². The van der Waals surface area contributed by atoms with Crippen molar-refractivity contribution in [2.45, 2.75) is 46.2 Å². The van der Waals surface area contributed by atoms with E-state index in [-0.39, 0.29) is 0 Å². The Bertz CT molecular complexity index is 320. The van der Waals surface area contributed by atoms with Crippen LogP contribution in [-0.4, -0.2) is 27.6 Å². The van der Waals surface area contributed by atoms with E-state index in [4.69, 9.17) is 0 Å². The number of imidazole rings is 1. The van der Waals surface area contributed by atoms with Crippen molar-refractivity contribution in [2.24, 2.45) is 0 Å². The van der Waals surface area contributed by atoms with Gasteiger partial charge < -0.3 is 9.88 Å². The molecule has 0 saturated heterocycles. The van der Waals surface area contributed by atoms with Gasteiger partial charge in [-0.05, 0) is 46.1 Å². The molecule has 1 heterocycles. The van der Waals surface area contributed by atoms with E-state index < -0.39 is 0 Å². The summed E-state index contributed by atoms with van der Waals surface area (Å²) in [4.78, 5) is 4.52. The maximum Gasteiger partial charge on any atom is 0.203 e. The molecule has 1 aromatic heterocycles. The number of aromatic nitrogens is 2. The van der Waals surface area contributed by atoms with Crippen LogP contribution in [0.5, 0.6) is 0 Å². The molecule has 1 N–H and O–H groups in total. The highest BCUT2D eigenvalue weighted by Gasteiger charge is 2.12. The molecule has 0 aliphatic carbocycles. The molecule has 1 aromatic rings. The van der Waals surface area contributed by atoms with Crippen molar-refractivity contribution < 1.29 is 0 Å². The summed E-state index contributed by atoms with van der Waals surface area (Å²) < 4.78 is 2.26. The molecule has 1 rings (SSSR count). The third kappa shape index (κ3) is 3.74. The van der Waals surface area contributed by atoms with Crippen LogP contribution >= 0.6 is 11.8 Å². The topological polar surface area (TPSA) is 29.9 Å². The fraction of sp³-hybridized carbons (Fsp3) is 0.750. The van der Waals surface area contributed by atoms with E-state index in [2.05, 4.69) is 48.1 Å². The molecule has 0 radical (unpaired) electrons. The van der Waals surface area contributed by atoms with E-state index >= 15 is 0 Å². The highest BCUT2D eigenvalue weighted by Crippen LogP contribution is 2.20. The number of nitrogens with one attached hydrogen (secondary N) is 1. The highest BCUT2D eigenvalue weighted by atomic mass is 32.2. The Kier molecular flexibility index (Phi) is 5.19. The van der Waals surface area contributed by atoms with Crippen LogP contribution in [0.1, 0.15) is 38.9 Å². The van der Waals surface area contributed by atoms with E-state index in [0.717, 1.165) is 11.6 Å². The monoisotopic (exact) mass is 241 g/mol. The predicted octanol–water partition coefficient (Wildman–Crippen LogP) is 3.33. The molecular formula is C12H23N3S. The lowest BCUT2D eigenvalue weighted by molar-refractivity contribution is 0.537. The van der Waals surface area contributed by atoms with Crippen LogP contribution in [0.4, 0.5) is 5.95 Å². The number of aryl methyl sites for hydroxylation is 1. The van der Waals surface area contributed by atoms with Crippen molar-refractivity contribution in [3.8, 4) is 0 Å². The van der Waals surface area contributed by atoms with Crippen molar-refractivity contribution >= 4 is 17.7 Å². The third-order valence-electron chi connectivity index (χ3n) is 2.49. The first kappa shape index (κ1) is 13.4. The van der Waals surface area contributed by atoms with Gasteiger partial charge in [-0.2, -0.15) is 11.8 Å². The molecule has 3 nitrogen and oxygen atoms in total. The summed E-state index contributed by atoms with van der Waals surface area (Å²) in [6, 6.07) is 0.934. The summed E-state index contributed by atoms with van der Waals surface area (Å²) in [5, 5.41) is 3.40. The van der Waals surface area contributed by atoms with Crippen molar-refractivity contribution in [3.63, 3.8) is 0 Å². The Morgan fingerprint density at radius 2 is 2.12 bits per heavy atom. The molecule has 1 unspecified atom stereocenters. The third-order valence-corrected chi connectivity index (χ3v) is 3.13. The summed E-state index contributed by atoms with van der Waals surface area (Å²) in [6.45, 7) is 8.58. The van der Waals surface area contributed by atoms with E-state index in [9.17, 15) is 0 Å². The Hall–Kier alpha value is -0.640. The predicted molar refractivity (Wildman–Crippen MR) is 73.4 cm³/mol. The number of anilines is 1. The lowest BCUT2D eigenvalue weighted by Gasteiger charge is -2.17. The Morgan fingerprint density at radius 3 is 2.69 bits per heavy atom. The zero-order chi connectivity index (χ0) is 12.1. The number of rotatable bonds is 6. The minimum absolute atomic E-state index is 0.424. The first-order valence-corrected chi connectivity index (χ1v) is 7.25. The van der Waals surface area contributed by atoms with Crippen molar-refractivity contribution in [1.82, 2.24) is 9.55 Å². The molecule has 0 amide bonds. The highest BCUT2D eigenvalue weighted by molar-refractivity contribution is 7.98. The molecular weight excluding hydrogens is 218 g/mol.